The van der Waals surface area contributed by atoms with Gasteiger partial charge in [-0.2, -0.15) is 10.1 Å². The topological polar surface area (TPSA) is 50.2 Å². The first kappa shape index (κ1) is 31.8. The molecule has 3 fully saturated rings. The van der Waals surface area contributed by atoms with Crippen LogP contribution in [0.5, 0.6) is 0 Å². The van der Waals surface area contributed by atoms with Crippen LogP contribution >= 0.6 is 7.92 Å². The summed E-state index contributed by atoms with van der Waals surface area (Å²) in [6, 6.07) is 0. The van der Waals surface area contributed by atoms with E-state index in [-0.39, 0.29) is 41.2 Å². The summed E-state index contributed by atoms with van der Waals surface area (Å²) in [7, 11) is 2.18. The van der Waals surface area contributed by atoms with E-state index >= 15 is 0 Å². The third-order valence-electron chi connectivity index (χ3n) is 10.4. The van der Waals surface area contributed by atoms with Crippen LogP contribution in [-0.4, -0.2) is 84.2 Å². The van der Waals surface area contributed by atoms with Gasteiger partial charge in [-0.25, -0.2) is 0 Å². The molecule has 3 aliphatic rings. The smallest absolute Gasteiger partial charge is 0.0413 e. The maximum Gasteiger partial charge on any atom is 0.0413 e. The SMILES string of the molecule is CN1C(C)(C)CC(CP(CC2CC(C)(C)N(O)C(C)(C)C2)CC2CC(C)(C)N(O)C(C)(C)C2)CC1(C)C. The zero-order valence-electron chi connectivity index (χ0n) is 26.8. The second kappa shape index (κ2) is 10.3. The highest BCUT2D eigenvalue weighted by Crippen LogP contribution is 2.54. The van der Waals surface area contributed by atoms with Crippen molar-refractivity contribution in [2.45, 2.75) is 155 Å². The summed E-state index contributed by atoms with van der Waals surface area (Å²) in [5.41, 5.74) is -0.277. The molecule has 0 unspecified atom stereocenters. The maximum atomic E-state index is 10.9. The summed E-state index contributed by atoms with van der Waals surface area (Å²) >= 11 is 0. The van der Waals surface area contributed by atoms with Gasteiger partial charge < -0.3 is 10.4 Å². The highest BCUT2D eigenvalue weighted by molar-refractivity contribution is 7.57. The molecule has 0 saturated carbocycles. The molecule has 37 heavy (non-hydrogen) atoms. The van der Waals surface area contributed by atoms with Crippen LogP contribution in [0.2, 0.25) is 0 Å². The van der Waals surface area contributed by atoms with Gasteiger partial charge in [0.15, 0.2) is 0 Å². The van der Waals surface area contributed by atoms with Gasteiger partial charge in [0.25, 0.3) is 0 Å². The Balaban J connectivity index is 1.84. The lowest BCUT2D eigenvalue weighted by atomic mass is 9.75. The second-order valence-corrected chi connectivity index (χ2v) is 19.5. The highest BCUT2D eigenvalue weighted by atomic mass is 31.1. The van der Waals surface area contributed by atoms with E-state index in [2.05, 4.69) is 95.0 Å². The van der Waals surface area contributed by atoms with Gasteiger partial charge in [-0.15, -0.1) is 7.92 Å². The summed E-state index contributed by atoms with van der Waals surface area (Å²) in [6.07, 6.45) is 10.9. The van der Waals surface area contributed by atoms with Crippen molar-refractivity contribution in [3.05, 3.63) is 0 Å². The monoisotopic (exact) mass is 539 g/mol. The molecule has 0 amide bonds. The number of hydrogen-bond donors (Lipinski definition) is 2. The third kappa shape index (κ3) is 6.94. The van der Waals surface area contributed by atoms with Gasteiger partial charge in [0, 0.05) is 33.2 Å². The van der Waals surface area contributed by atoms with E-state index in [9.17, 15) is 10.4 Å². The average molecular weight is 540 g/mol. The molecule has 0 aromatic rings. The minimum absolute atomic E-state index is 0.139. The predicted octanol–water partition coefficient (Wildman–Crippen LogP) is 7.68. The summed E-state index contributed by atoms with van der Waals surface area (Å²) in [5.74, 6) is 2.08. The van der Waals surface area contributed by atoms with Gasteiger partial charge in [-0.05, 0) is 165 Å². The molecule has 0 aromatic carbocycles. The molecule has 3 saturated heterocycles. The molecule has 3 rings (SSSR count). The minimum Gasteiger partial charge on any atom is -0.313 e. The average Bonchev–Trinajstić information content (AvgIpc) is 2.67. The quantitative estimate of drug-likeness (QED) is 0.339. The van der Waals surface area contributed by atoms with Gasteiger partial charge in [-0.3, -0.25) is 4.90 Å². The van der Waals surface area contributed by atoms with Gasteiger partial charge in [-0.1, -0.05) is 0 Å². The number of nitrogens with zero attached hydrogens (tertiary/aromatic N) is 3. The molecule has 0 bridgehead atoms. The summed E-state index contributed by atoms with van der Waals surface area (Å²) in [6.45, 7) is 27.5. The van der Waals surface area contributed by atoms with Crippen molar-refractivity contribution in [3.63, 3.8) is 0 Å². The van der Waals surface area contributed by atoms with E-state index in [1.165, 1.54) is 31.3 Å². The standard InChI is InChI=1S/C31H62N3O2P/c1-26(2)14-23(15-27(3,4)32(26)13)20-37(21-24-16-28(5,6)33(35)29(7,8)17-24)22-25-18-30(9,10)34(36)31(11,12)19-25/h23-25,35-36H,14-22H2,1-13H3. The van der Waals surface area contributed by atoms with E-state index in [0.29, 0.717) is 11.8 Å². The lowest BCUT2D eigenvalue weighted by Crippen LogP contribution is -2.60. The van der Waals surface area contributed by atoms with E-state index in [0.717, 1.165) is 31.6 Å². The van der Waals surface area contributed by atoms with Crippen molar-refractivity contribution in [2.75, 3.05) is 25.5 Å². The fourth-order valence-corrected chi connectivity index (χ4v) is 12.7. The van der Waals surface area contributed by atoms with Crippen LogP contribution in [-0.2, 0) is 0 Å². The first-order valence-corrected chi connectivity index (χ1v) is 16.8. The Bertz CT molecular complexity index is 648. The Morgan fingerprint density at radius 3 is 0.946 bits per heavy atom. The number of hydroxylamine groups is 4. The van der Waals surface area contributed by atoms with Crippen LogP contribution < -0.4 is 0 Å². The van der Waals surface area contributed by atoms with Crippen molar-refractivity contribution < 1.29 is 10.4 Å². The molecule has 218 valence electrons. The molecule has 0 radical (unpaired) electrons. The normalized spacial score (nSPS) is 31.1. The highest BCUT2D eigenvalue weighted by Gasteiger charge is 2.49. The van der Waals surface area contributed by atoms with E-state index in [1.54, 1.807) is 10.1 Å². The first-order valence-electron chi connectivity index (χ1n) is 14.9. The second-order valence-electron chi connectivity index (χ2n) is 17.1. The van der Waals surface area contributed by atoms with Crippen LogP contribution in [0.3, 0.4) is 0 Å². The fourth-order valence-electron chi connectivity index (χ4n) is 9.24. The molecule has 0 aliphatic carbocycles. The molecular weight excluding hydrogens is 477 g/mol. The maximum absolute atomic E-state index is 10.9. The molecule has 6 heteroatoms. The zero-order valence-corrected chi connectivity index (χ0v) is 27.7. The van der Waals surface area contributed by atoms with Crippen molar-refractivity contribution >= 4 is 7.92 Å². The Labute approximate surface area is 231 Å². The van der Waals surface area contributed by atoms with Crippen molar-refractivity contribution in [1.82, 2.24) is 15.0 Å². The van der Waals surface area contributed by atoms with Gasteiger partial charge >= 0.3 is 0 Å². The molecule has 2 N–H and O–H groups in total. The molecule has 3 heterocycles. The predicted molar refractivity (Wildman–Crippen MR) is 159 cm³/mol. The Morgan fingerprint density at radius 1 is 0.486 bits per heavy atom. The van der Waals surface area contributed by atoms with Crippen LogP contribution in [0.25, 0.3) is 0 Å². The number of hydrogen-bond acceptors (Lipinski definition) is 5. The van der Waals surface area contributed by atoms with Crippen LogP contribution in [0, 0.1) is 17.8 Å². The molecular formula is C31H62N3O2P. The summed E-state index contributed by atoms with van der Waals surface area (Å²) < 4.78 is 0. The number of likely N-dealkylation sites (tertiary alicyclic amines) is 1. The number of piperidine rings is 3. The van der Waals surface area contributed by atoms with E-state index in [1.807, 2.05) is 0 Å². The van der Waals surface area contributed by atoms with E-state index in [4.69, 9.17) is 0 Å². The van der Waals surface area contributed by atoms with Crippen molar-refractivity contribution in [2.24, 2.45) is 17.8 Å². The lowest BCUT2D eigenvalue weighted by molar-refractivity contribution is -0.249. The third-order valence-corrected chi connectivity index (χ3v) is 13.5. The molecule has 0 spiro atoms. The Hall–Kier alpha value is 0.230. The minimum atomic E-state index is -0.183. The van der Waals surface area contributed by atoms with Crippen LogP contribution in [0.1, 0.15) is 122 Å². The Kier molecular flexibility index (Phi) is 8.80. The first-order chi connectivity index (χ1) is 16.5. The zero-order chi connectivity index (χ0) is 28.4. The molecule has 0 atom stereocenters. The molecule has 5 nitrogen and oxygen atoms in total. The fraction of sp³-hybridized carbons (Fsp3) is 1.00. The number of rotatable bonds is 6. The van der Waals surface area contributed by atoms with Crippen LogP contribution in [0.4, 0.5) is 0 Å². The Morgan fingerprint density at radius 2 is 0.703 bits per heavy atom. The molecule has 0 aromatic heterocycles. The summed E-state index contributed by atoms with van der Waals surface area (Å²) in [5, 5.41) is 25.1. The van der Waals surface area contributed by atoms with Crippen molar-refractivity contribution in [1.29, 1.82) is 0 Å². The lowest BCUT2D eigenvalue weighted by Gasteiger charge is -2.55. The molecule has 3 aliphatic heterocycles. The summed E-state index contributed by atoms with van der Waals surface area (Å²) in [4.78, 5) is 2.61. The van der Waals surface area contributed by atoms with Crippen LogP contribution in [0.15, 0.2) is 0 Å². The van der Waals surface area contributed by atoms with Crippen molar-refractivity contribution in [3.8, 4) is 0 Å². The largest absolute Gasteiger partial charge is 0.313 e. The van der Waals surface area contributed by atoms with E-state index < -0.39 is 0 Å². The van der Waals surface area contributed by atoms with Gasteiger partial charge in [0.2, 0.25) is 0 Å². The van der Waals surface area contributed by atoms with Gasteiger partial charge in [0.05, 0.1) is 0 Å². The van der Waals surface area contributed by atoms with Gasteiger partial charge in [0.1, 0.15) is 0 Å².